The second kappa shape index (κ2) is 5.92. The number of ether oxygens (including phenoxy) is 1. The molecule has 2 rings (SSSR count). The quantitative estimate of drug-likeness (QED) is 0.691. The molecule has 0 aliphatic heterocycles. The molecule has 0 unspecified atom stereocenters. The van der Waals surface area contributed by atoms with Crippen LogP contribution in [0.3, 0.4) is 0 Å². The fraction of sp³-hybridized carbons (Fsp3) is 0.143. The van der Waals surface area contributed by atoms with Gasteiger partial charge in [-0.1, -0.05) is 24.3 Å². The molecule has 6 heteroatoms. The number of nitrogens with two attached hydrogens (primary N) is 1. The Hall–Kier alpha value is -2.08. The van der Waals surface area contributed by atoms with E-state index in [1.54, 1.807) is 24.3 Å². The highest BCUT2D eigenvalue weighted by molar-refractivity contribution is 5.29. The Morgan fingerprint density at radius 1 is 0.900 bits per heavy atom. The van der Waals surface area contributed by atoms with Gasteiger partial charge in [0.1, 0.15) is 6.61 Å². The van der Waals surface area contributed by atoms with Crippen molar-refractivity contribution < 1.29 is 22.3 Å². The van der Waals surface area contributed by atoms with Gasteiger partial charge in [0, 0.05) is 12.6 Å². The van der Waals surface area contributed by atoms with E-state index in [1.165, 1.54) is 0 Å². The van der Waals surface area contributed by atoms with Crippen LogP contribution in [0.25, 0.3) is 0 Å². The summed E-state index contributed by atoms with van der Waals surface area (Å²) in [5, 5.41) is 0. The molecule has 0 bridgehead atoms. The van der Waals surface area contributed by atoms with Gasteiger partial charge < -0.3 is 10.5 Å². The summed E-state index contributed by atoms with van der Waals surface area (Å²) in [7, 11) is 0. The Morgan fingerprint density at radius 3 is 2.10 bits per heavy atom. The van der Waals surface area contributed by atoms with Gasteiger partial charge >= 0.3 is 0 Å². The summed E-state index contributed by atoms with van der Waals surface area (Å²) in [5.74, 6) is -7.19. The first-order valence-corrected chi connectivity index (χ1v) is 5.76. The van der Waals surface area contributed by atoms with Crippen molar-refractivity contribution in [2.24, 2.45) is 5.73 Å². The highest BCUT2D eigenvalue weighted by atomic mass is 19.2. The van der Waals surface area contributed by atoms with Gasteiger partial charge in [0.2, 0.25) is 11.6 Å². The average Bonchev–Trinajstić information content (AvgIpc) is 2.45. The topological polar surface area (TPSA) is 35.2 Å². The van der Waals surface area contributed by atoms with Gasteiger partial charge in [-0.25, -0.2) is 8.78 Å². The summed E-state index contributed by atoms with van der Waals surface area (Å²) >= 11 is 0. The summed E-state index contributed by atoms with van der Waals surface area (Å²) in [6.07, 6.45) is 0. The predicted molar refractivity (Wildman–Crippen MR) is 64.9 cm³/mol. The lowest BCUT2D eigenvalue weighted by molar-refractivity contribution is 0.261. The molecule has 0 atom stereocenters. The van der Waals surface area contributed by atoms with Gasteiger partial charge in [-0.05, 0) is 11.1 Å². The monoisotopic (exact) mass is 285 g/mol. The molecule has 0 fully saturated rings. The Kier molecular flexibility index (Phi) is 4.24. The fourth-order valence-corrected chi connectivity index (χ4v) is 1.68. The zero-order valence-corrected chi connectivity index (χ0v) is 10.3. The molecule has 2 N–H and O–H groups in total. The summed E-state index contributed by atoms with van der Waals surface area (Å²) in [6, 6.07) is 6.91. The molecule has 0 aliphatic carbocycles. The lowest BCUT2D eigenvalue weighted by Gasteiger charge is -2.10. The second-order valence-electron chi connectivity index (χ2n) is 4.11. The maximum atomic E-state index is 13.4. The van der Waals surface area contributed by atoms with Crippen molar-refractivity contribution in [3.63, 3.8) is 0 Å². The smallest absolute Gasteiger partial charge is 0.203 e. The Bertz CT molecular complexity index is 605. The second-order valence-corrected chi connectivity index (χ2v) is 4.11. The molecule has 2 nitrogen and oxygen atoms in total. The van der Waals surface area contributed by atoms with Gasteiger partial charge in [-0.2, -0.15) is 8.78 Å². The van der Waals surface area contributed by atoms with Crippen LogP contribution in [0.4, 0.5) is 17.6 Å². The third-order valence-electron chi connectivity index (χ3n) is 2.68. The van der Waals surface area contributed by atoms with Crippen molar-refractivity contribution in [3.05, 3.63) is 64.7 Å². The van der Waals surface area contributed by atoms with E-state index in [4.69, 9.17) is 10.5 Å². The lowest BCUT2D eigenvalue weighted by Crippen LogP contribution is -2.04. The third kappa shape index (κ3) is 2.91. The molecule has 0 radical (unpaired) electrons. The molecule has 0 spiro atoms. The van der Waals surface area contributed by atoms with Gasteiger partial charge in [-0.3, -0.25) is 0 Å². The molecule has 0 amide bonds. The molecule has 0 saturated heterocycles. The van der Waals surface area contributed by atoms with Crippen molar-refractivity contribution in [2.45, 2.75) is 13.2 Å². The first kappa shape index (κ1) is 14.3. The van der Waals surface area contributed by atoms with Crippen LogP contribution in [0.1, 0.15) is 11.1 Å². The van der Waals surface area contributed by atoms with Gasteiger partial charge in [0.25, 0.3) is 0 Å². The molecule has 0 heterocycles. The molecule has 2 aromatic rings. The van der Waals surface area contributed by atoms with Crippen LogP contribution >= 0.6 is 0 Å². The van der Waals surface area contributed by atoms with Crippen molar-refractivity contribution in [1.82, 2.24) is 0 Å². The third-order valence-corrected chi connectivity index (χ3v) is 2.68. The predicted octanol–water partition coefficient (Wildman–Crippen LogP) is 3.28. The highest BCUT2D eigenvalue weighted by Crippen LogP contribution is 2.27. The Balaban J connectivity index is 2.22. The van der Waals surface area contributed by atoms with Crippen LogP contribution in [0.5, 0.6) is 5.75 Å². The summed E-state index contributed by atoms with van der Waals surface area (Å²) in [4.78, 5) is 0. The van der Waals surface area contributed by atoms with E-state index in [0.717, 1.165) is 5.56 Å². The number of halogens is 4. The number of benzene rings is 2. The minimum atomic E-state index is -1.56. The van der Waals surface area contributed by atoms with Crippen molar-refractivity contribution in [1.29, 1.82) is 0 Å². The van der Waals surface area contributed by atoms with E-state index in [2.05, 4.69) is 0 Å². The van der Waals surface area contributed by atoms with Crippen LogP contribution < -0.4 is 10.5 Å². The molecule has 0 aromatic heterocycles. The maximum absolute atomic E-state index is 13.4. The van der Waals surface area contributed by atoms with E-state index in [-0.39, 0.29) is 12.7 Å². The summed E-state index contributed by atoms with van der Waals surface area (Å²) < 4.78 is 57.5. The first-order chi connectivity index (χ1) is 9.52. The molecule has 2 aromatic carbocycles. The molecule has 106 valence electrons. The van der Waals surface area contributed by atoms with E-state index in [0.29, 0.717) is 12.1 Å². The average molecular weight is 285 g/mol. The summed E-state index contributed by atoms with van der Waals surface area (Å²) in [6.45, 7) is 0.0652. The zero-order chi connectivity index (χ0) is 14.7. The summed E-state index contributed by atoms with van der Waals surface area (Å²) in [5.41, 5.74) is 6.84. The van der Waals surface area contributed by atoms with Crippen LogP contribution in [-0.2, 0) is 13.2 Å². The van der Waals surface area contributed by atoms with Gasteiger partial charge in [0.15, 0.2) is 17.4 Å². The van der Waals surface area contributed by atoms with E-state index in [9.17, 15) is 17.6 Å². The Labute approximate surface area is 112 Å². The van der Waals surface area contributed by atoms with Crippen molar-refractivity contribution >= 4 is 0 Å². The SMILES string of the molecule is NCc1cccc(COc2c(F)c(F)cc(F)c2F)c1. The van der Waals surface area contributed by atoms with Crippen LogP contribution in [0.2, 0.25) is 0 Å². The number of hydrogen-bond acceptors (Lipinski definition) is 2. The normalized spacial score (nSPS) is 10.7. The number of rotatable bonds is 4. The lowest BCUT2D eigenvalue weighted by atomic mass is 10.1. The Morgan fingerprint density at radius 2 is 1.50 bits per heavy atom. The van der Waals surface area contributed by atoms with E-state index < -0.39 is 29.0 Å². The standard InChI is InChI=1S/C14H11F4NO/c15-10-5-11(16)13(18)14(12(10)17)20-7-9-3-1-2-8(4-9)6-19/h1-5H,6-7,19H2. The molecule has 0 aliphatic rings. The first-order valence-electron chi connectivity index (χ1n) is 5.76. The van der Waals surface area contributed by atoms with Crippen molar-refractivity contribution in [2.75, 3.05) is 0 Å². The minimum Gasteiger partial charge on any atom is -0.483 e. The van der Waals surface area contributed by atoms with Gasteiger partial charge in [0.05, 0.1) is 0 Å². The van der Waals surface area contributed by atoms with Crippen LogP contribution in [0.15, 0.2) is 30.3 Å². The maximum Gasteiger partial charge on any atom is 0.203 e. The minimum absolute atomic E-state index is 0.132. The number of hydrogen-bond donors (Lipinski definition) is 1. The van der Waals surface area contributed by atoms with Gasteiger partial charge in [-0.15, -0.1) is 0 Å². The van der Waals surface area contributed by atoms with E-state index in [1.807, 2.05) is 0 Å². The molecular weight excluding hydrogens is 274 g/mol. The largest absolute Gasteiger partial charge is 0.483 e. The fourth-order valence-electron chi connectivity index (χ4n) is 1.68. The zero-order valence-electron chi connectivity index (χ0n) is 10.3. The van der Waals surface area contributed by atoms with Crippen molar-refractivity contribution in [3.8, 4) is 5.75 Å². The highest BCUT2D eigenvalue weighted by Gasteiger charge is 2.20. The van der Waals surface area contributed by atoms with Crippen LogP contribution in [0, 0.1) is 23.3 Å². The van der Waals surface area contributed by atoms with E-state index >= 15 is 0 Å². The molecule has 0 saturated carbocycles. The van der Waals surface area contributed by atoms with Crippen LogP contribution in [-0.4, -0.2) is 0 Å². The molecular formula is C14H11F4NO. The molecule has 20 heavy (non-hydrogen) atoms.